The molecule has 3 unspecified atom stereocenters. The van der Waals surface area contributed by atoms with Gasteiger partial charge in [-0.15, -0.1) is 24.0 Å². The maximum atomic E-state index is 12.8. The van der Waals surface area contributed by atoms with E-state index in [4.69, 9.17) is 4.74 Å². The summed E-state index contributed by atoms with van der Waals surface area (Å²) in [6, 6.07) is 9.95. The Balaban J connectivity index is 0.00000341. The van der Waals surface area contributed by atoms with Crippen molar-refractivity contribution in [3.63, 3.8) is 0 Å². The molecule has 170 valence electrons. The number of benzene rings is 1. The Morgan fingerprint density at radius 2 is 1.87 bits per heavy atom. The van der Waals surface area contributed by atoms with Crippen LogP contribution in [0.4, 0.5) is 0 Å². The van der Waals surface area contributed by atoms with Gasteiger partial charge >= 0.3 is 0 Å². The van der Waals surface area contributed by atoms with Crippen LogP contribution in [0.2, 0.25) is 0 Å². The second kappa shape index (κ2) is 12.4. The van der Waals surface area contributed by atoms with Gasteiger partial charge in [0.05, 0.1) is 12.2 Å². The SMILES string of the molecule is CN=C(NCc1ccc(C(=O)N2CC(C)OC(C)C2)cc1)NCC(C)c1ccsc1.I. The van der Waals surface area contributed by atoms with Gasteiger partial charge in [0.15, 0.2) is 5.96 Å². The van der Waals surface area contributed by atoms with Crippen molar-refractivity contribution in [1.29, 1.82) is 0 Å². The molecule has 1 amide bonds. The maximum absolute atomic E-state index is 12.8. The van der Waals surface area contributed by atoms with E-state index in [1.54, 1.807) is 18.4 Å². The summed E-state index contributed by atoms with van der Waals surface area (Å²) in [6.07, 6.45) is 0.144. The van der Waals surface area contributed by atoms with Gasteiger partial charge in [-0.05, 0) is 59.9 Å². The molecule has 1 aromatic carbocycles. The van der Waals surface area contributed by atoms with Gasteiger partial charge in [0.2, 0.25) is 0 Å². The number of hydrogen-bond donors (Lipinski definition) is 2. The number of carbonyl (C=O) groups excluding carboxylic acids is 1. The van der Waals surface area contributed by atoms with Crippen LogP contribution in [0.3, 0.4) is 0 Å². The van der Waals surface area contributed by atoms with E-state index in [2.05, 4.69) is 39.4 Å². The molecule has 1 fully saturated rings. The lowest BCUT2D eigenvalue weighted by Gasteiger charge is -2.35. The zero-order valence-electron chi connectivity index (χ0n) is 18.6. The Hall–Kier alpha value is -1.65. The fourth-order valence-corrected chi connectivity index (χ4v) is 4.40. The summed E-state index contributed by atoms with van der Waals surface area (Å²) >= 11 is 1.72. The summed E-state index contributed by atoms with van der Waals surface area (Å²) < 4.78 is 5.72. The molecule has 2 N–H and O–H groups in total. The van der Waals surface area contributed by atoms with Gasteiger partial charge in [-0.25, -0.2) is 0 Å². The van der Waals surface area contributed by atoms with Crippen LogP contribution in [0, 0.1) is 0 Å². The minimum atomic E-state index is 0. The average molecular weight is 557 g/mol. The molecule has 0 spiro atoms. The molecule has 3 rings (SSSR count). The van der Waals surface area contributed by atoms with Gasteiger partial charge in [-0.1, -0.05) is 19.1 Å². The van der Waals surface area contributed by atoms with Crippen LogP contribution < -0.4 is 10.6 Å². The summed E-state index contributed by atoms with van der Waals surface area (Å²) in [7, 11) is 1.77. The Morgan fingerprint density at radius 3 is 2.45 bits per heavy atom. The van der Waals surface area contributed by atoms with Gasteiger partial charge in [0.25, 0.3) is 5.91 Å². The molecule has 1 saturated heterocycles. The molecule has 0 saturated carbocycles. The highest BCUT2D eigenvalue weighted by molar-refractivity contribution is 14.0. The van der Waals surface area contributed by atoms with Crippen LogP contribution in [0.5, 0.6) is 0 Å². The minimum Gasteiger partial charge on any atom is -0.372 e. The summed E-state index contributed by atoms with van der Waals surface area (Å²) in [6.45, 7) is 8.96. The largest absolute Gasteiger partial charge is 0.372 e. The predicted molar refractivity (Wildman–Crippen MR) is 139 cm³/mol. The van der Waals surface area contributed by atoms with Crippen molar-refractivity contribution >= 4 is 47.2 Å². The van der Waals surface area contributed by atoms with E-state index in [0.717, 1.165) is 18.1 Å². The standard InChI is InChI=1S/C23H32N4O2S.HI/c1-16(21-9-10-30-15-21)11-25-23(24-4)26-12-19-5-7-20(8-6-19)22(28)27-13-17(2)29-18(3)14-27;/h5-10,15-18H,11-14H2,1-4H3,(H2,24,25,26);1H. The normalized spacial score (nSPS) is 20.0. The van der Waals surface area contributed by atoms with Gasteiger partial charge in [-0.3, -0.25) is 9.79 Å². The van der Waals surface area contributed by atoms with E-state index in [-0.39, 0.29) is 42.1 Å². The molecule has 1 aromatic heterocycles. The molecule has 2 aromatic rings. The number of hydrogen-bond acceptors (Lipinski definition) is 4. The van der Waals surface area contributed by atoms with E-state index in [1.807, 2.05) is 43.0 Å². The van der Waals surface area contributed by atoms with Crippen LogP contribution in [-0.2, 0) is 11.3 Å². The molecule has 2 heterocycles. The molecule has 0 radical (unpaired) electrons. The van der Waals surface area contributed by atoms with Crippen molar-refractivity contribution in [2.75, 3.05) is 26.7 Å². The molecule has 6 nitrogen and oxygen atoms in total. The summed E-state index contributed by atoms with van der Waals surface area (Å²) in [5.74, 6) is 1.26. The molecule has 8 heteroatoms. The Kier molecular flexibility index (Phi) is 10.2. The fraction of sp³-hybridized carbons (Fsp3) is 0.478. The van der Waals surface area contributed by atoms with Crippen LogP contribution in [0.25, 0.3) is 0 Å². The molecule has 31 heavy (non-hydrogen) atoms. The molecular weight excluding hydrogens is 523 g/mol. The number of nitrogens with zero attached hydrogens (tertiary/aromatic N) is 2. The number of aliphatic imine (C=N–C) groups is 1. The van der Waals surface area contributed by atoms with E-state index in [0.29, 0.717) is 31.1 Å². The van der Waals surface area contributed by atoms with Crippen molar-refractivity contribution < 1.29 is 9.53 Å². The maximum Gasteiger partial charge on any atom is 0.254 e. The lowest BCUT2D eigenvalue weighted by atomic mass is 10.1. The second-order valence-electron chi connectivity index (χ2n) is 7.93. The average Bonchev–Trinajstić information content (AvgIpc) is 3.28. The fourth-order valence-electron chi connectivity index (χ4n) is 3.62. The van der Waals surface area contributed by atoms with Gasteiger partial charge < -0.3 is 20.3 Å². The van der Waals surface area contributed by atoms with Gasteiger partial charge in [0.1, 0.15) is 0 Å². The van der Waals surface area contributed by atoms with Crippen LogP contribution in [-0.4, -0.2) is 55.7 Å². The predicted octanol–water partition coefficient (Wildman–Crippen LogP) is 4.08. The number of carbonyl (C=O) groups is 1. The van der Waals surface area contributed by atoms with Crippen LogP contribution in [0.15, 0.2) is 46.1 Å². The third-order valence-corrected chi connectivity index (χ3v) is 5.98. The molecular formula is C23H33IN4O2S. The Bertz CT molecular complexity index is 832. The number of ether oxygens (including phenoxy) is 1. The number of rotatable bonds is 6. The van der Waals surface area contributed by atoms with Crippen LogP contribution >= 0.6 is 35.3 Å². The third kappa shape index (κ3) is 7.47. The van der Waals surface area contributed by atoms with Gasteiger partial charge in [-0.2, -0.15) is 11.3 Å². The van der Waals surface area contributed by atoms with Crippen molar-refractivity contribution in [2.24, 2.45) is 4.99 Å². The number of nitrogens with one attached hydrogen (secondary N) is 2. The monoisotopic (exact) mass is 556 g/mol. The first-order valence-electron chi connectivity index (χ1n) is 10.5. The first-order chi connectivity index (χ1) is 14.5. The molecule has 0 bridgehead atoms. The van der Waals surface area contributed by atoms with E-state index in [1.165, 1.54) is 5.56 Å². The Morgan fingerprint density at radius 1 is 1.19 bits per heavy atom. The number of halogens is 1. The molecule has 1 aliphatic rings. The Labute approximate surface area is 206 Å². The molecule has 0 aliphatic carbocycles. The summed E-state index contributed by atoms with van der Waals surface area (Å²) in [5.41, 5.74) is 3.16. The number of morpholine rings is 1. The van der Waals surface area contributed by atoms with Crippen molar-refractivity contribution in [1.82, 2.24) is 15.5 Å². The highest BCUT2D eigenvalue weighted by Crippen LogP contribution is 2.17. The summed E-state index contributed by atoms with van der Waals surface area (Å²) in [5, 5.41) is 11.0. The third-order valence-electron chi connectivity index (χ3n) is 5.28. The minimum absolute atomic E-state index is 0. The van der Waals surface area contributed by atoms with Crippen molar-refractivity contribution in [3.8, 4) is 0 Å². The topological polar surface area (TPSA) is 66.0 Å². The summed E-state index contributed by atoms with van der Waals surface area (Å²) in [4.78, 5) is 19.0. The second-order valence-corrected chi connectivity index (χ2v) is 8.71. The highest BCUT2D eigenvalue weighted by Gasteiger charge is 2.26. The smallest absolute Gasteiger partial charge is 0.254 e. The number of thiophene rings is 1. The van der Waals surface area contributed by atoms with Crippen molar-refractivity contribution in [2.45, 2.75) is 45.4 Å². The molecule has 3 atom stereocenters. The lowest BCUT2D eigenvalue weighted by molar-refractivity contribution is -0.0586. The van der Waals surface area contributed by atoms with E-state index in [9.17, 15) is 4.79 Å². The first kappa shape index (κ1) is 25.6. The zero-order chi connectivity index (χ0) is 21.5. The van der Waals surface area contributed by atoms with E-state index >= 15 is 0 Å². The van der Waals surface area contributed by atoms with E-state index < -0.39 is 0 Å². The zero-order valence-corrected chi connectivity index (χ0v) is 21.8. The number of guanidine groups is 1. The number of amides is 1. The molecule has 1 aliphatic heterocycles. The quantitative estimate of drug-likeness (QED) is 0.320. The first-order valence-corrected chi connectivity index (χ1v) is 11.4. The van der Waals surface area contributed by atoms with Crippen LogP contribution in [0.1, 0.15) is 48.2 Å². The van der Waals surface area contributed by atoms with Gasteiger partial charge in [0, 0.05) is 38.8 Å². The lowest BCUT2D eigenvalue weighted by Crippen LogP contribution is -2.48. The van der Waals surface area contributed by atoms with Crippen molar-refractivity contribution in [3.05, 3.63) is 57.8 Å². The highest BCUT2D eigenvalue weighted by atomic mass is 127.